The number of anilines is 10. The molecule has 3 aliphatic heterocycles. The van der Waals surface area contributed by atoms with Crippen LogP contribution in [0.25, 0.3) is 36.5 Å². The van der Waals surface area contributed by atoms with Gasteiger partial charge in [0.15, 0.2) is 23.0 Å². The summed E-state index contributed by atoms with van der Waals surface area (Å²) < 4.78 is 18.9. The average molecular weight is 1140 g/mol. The third-order valence-electron chi connectivity index (χ3n) is 15.5. The van der Waals surface area contributed by atoms with E-state index in [1.807, 2.05) is 115 Å². The van der Waals surface area contributed by atoms with Crippen molar-refractivity contribution in [2.75, 3.05) is 33.7 Å². The van der Waals surface area contributed by atoms with E-state index in [-0.39, 0.29) is 5.57 Å². The molecule has 424 valence electrons. The number of ether oxygens (including phenoxy) is 3. The van der Waals surface area contributed by atoms with Crippen LogP contribution in [0.15, 0.2) is 290 Å². The number of carboxylic acids is 1. The zero-order valence-corrected chi connectivity index (χ0v) is 48.2. The molecule has 0 aliphatic carbocycles. The van der Waals surface area contributed by atoms with E-state index in [9.17, 15) is 15.2 Å². The van der Waals surface area contributed by atoms with Crippen molar-refractivity contribution in [3.63, 3.8) is 0 Å². The molecule has 0 saturated carbocycles. The van der Waals surface area contributed by atoms with Gasteiger partial charge in [-0.15, -0.1) is 0 Å². The number of fused-ring (bicyclic) bond motifs is 4. The second-order valence-electron chi connectivity index (χ2n) is 21.2. The Morgan fingerprint density at radius 1 is 0.375 bits per heavy atom. The summed E-state index contributed by atoms with van der Waals surface area (Å²) >= 11 is 0. The molecule has 10 heteroatoms. The lowest BCUT2D eigenvalue weighted by atomic mass is 10.0. The van der Waals surface area contributed by atoms with Gasteiger partial charge in [-0.3, -0.25) is 0 Å². The Balaban J connectivity index is 0.686. The average Bonchev–Trinajstić information content (AvgIpc) is 1.54. The van der Waals surface area contributed by atoms with Crippen LogP contribution in [0.2, 0.25) is 0 Å². The molecule has 0 unspecified atom stereocenters. The normalized spacial score (nSPS) is 13.1. The smallest absolute Gasteiger partial charge is 0.347 e. The van der Waals surface area contributed by atoms with Crippen molar-refractivity contribution in [3.8, 4) is 29.1 Å². The van der Waals surface area contributed by atoms with Gasteiger partial charge in [0.05, 0.1) is 22.7 Å². The zero-order chi connectivity index (χ0) is 59.9. The second-order valence-corrected chi connectivity index (χ2v) is 21.2. The van der Waals surface area contributed by atoms with Crippen molar-refractivity contribution in [2.24, 2.45) is 0 Å². The van der Waals surface area contributed by atoms with Gasteiger partial charge in [-0.05, 0) is 179 Å². The summed E-state index contributed by atoms with van der Waals surface area (Å²) in [6.45, 7) is 0. The molecule has 0 aromatic heterocycles. The Kier molecular flexibility index (Phi) is 15.4. The molecule has 10 nitrogen and oxygen atoms in total. The van der Waals surface area contributed by atoms with Crippen LogP contribution in [0, 0.1) is 11.3 Å². The highest BCUT2D eigenvalue weighted by Crippen LogP contribution is 2.48. The summed E-state index contributed by atoms with van der Waals surface area (Å²) in [7, 11) is 4.11. The SMILES string of the molecule is CN1c2ccccc2Oc2cc(/C=C/c3ccc(N(c4ccccc4)c4ccc(/C=C/C5=CC(=C(C#N)C(=O)O)C=C(/C=C/c6ccc(N(c7ccccc7)c7ccc(/C=C/c8ccc9c(c8)Oc8ccccc8N9C)cc7)cc6)O5)cc4)cc3)ccc21. The molecule has 0 fully saturated rings. The van der Waals surface area contributed by atoms with Crippen molar-refractivity contribution < 1.29 is 24.1 Å². The van der Waals surface area contributed by atoms with Gasteiger partial charge in [0.25, 0.3) is 0 Å². The highest BCUT2D eigenvalue weighted by Gasteiger charge is 2.24. The molecule has 0 atom stereocenters. The summed E-state index contributed by atoms with van der Waals surface area (Å²) in [4.78, 5) is 21.0. The number of nitrogens with zero attached hydrogens (tertiary/aromatic N) is 5. The van der Waals surface area contributed by atoms with Crippen LogP contribution in [0.4, 0.5) is 56.9 Å². The molecular formula is C78H57N5O5. The largest absolute Gasteiger partial charge is 0.477 e. The Morgan fingerprint density at radius 2 is 0.682 bits per heavy atom. The Labute approximate surface area is 511 Å². The van der Waals surface area contributed by atoms with Gasteiger partial charge in [-0.25, -0.2) is 4.79 Å². The van der Waals surface area contributed by atoms with Crippen LogP contribution in [-0.2, 0) is 9.53 Å². The number of aliphatic carboxylic acids is 1. The first kappa shape index (κ1) is 55.1. The Hall–Kier alpha value is -12.1. The number of rotatable bonds is 15. The van der Waals surface area contributed by atoms with Gasteiger partial charge in [0.2, 0.25) is 0 Å². The van der Waals surface area contributed by atoms with E-state index in [0.29, 0.717) is 11.5 Å². The lowest BCUT2D eigenvalue weighted by molar-refractivity contribution is -0.132. The molecule has 88 heavy (non-hydrogen) atoms. The number of carboxylic acid groups (broad SMARTS) is 1. The molecule has 0 spiro atoms. The van der Waals surface area contributed by atoms with Gasteiger partial charge < -0.3 is 38.9 Å². The molecule has 13 rings (SSSR count). The minimum Gasteiger partial charge on any atom is -0.477 e. The molecule has 1 N–H and O–H groups in total. The van der Waals surface area contributed by atoms with Gasteiger partial charge >= 0.3 is 5.97 Å². The van der Waals surface area contributed by atoms with Gasteiger partial charge in [0.1, 0.15) is 23.2 Å². The van der Waals surface area contributed by atoms with E-state index in [1.165, 1.54) is 0 Å². The van der Waals surface area contributed by atoms with Crippen molar-refractivity contribution in [3.05, 3.63) is 323 Å². The number of para-hydroxylation sites is 6. The van der Waals surface area contributed by atoms with Crippen molar-refractivity contribution in [1.82, 2.24) is 0 Å². The van der Waals surface area contributed by atoms with E-state index < -0.39 is 11.5 Å². The number of allylic oxidation sites excluding steroid dienone is 5. The van der Waals surface area contributed by atoms with Crippen molar-refractivity contribution in [1.29, 1.82) is 5.26 Å². The molecule has 10 aromatic rings. The van der Waals surface area contributed by atoms with E-state index in [2.05, 4.69) is 204 Å². The molecule has 0 amide bonds. The predicted octanol–water partition coefficient (Wildman–Crippen LogP) is 20.1. The van der Waals surface area contributed by atoms with Crippen LogP contribution in [0.1, 0.15) is 33.4 Å². The topological polar surface area (TPSA) is 102 Å². The van der Waals surface area contributed by atoms with E-state index >= 15 is 0 Å². The molecular weight excluding hydrogens is 1090 g/mol. The molecule has 0 bridgehead atoms. The summed E-state index contributed by atoms with van der Waals surface area (Å²) in [6.07, 6.45) is 18.9. The number of hydrogen-bond donors (Lipinski definition) is 1. The Morgan fingerprint density at radius 3 is 1.05 bits per heavy atom. The summed E-state index contributed by atoms with van der Waals surface area (Å²) in [5, 5.41) is 20.0. The molecule has 0 radical (unpaired) electrons. The molecule has 10 aromatic carbocycles. The number of benzene rings is 10. The monoisotopic (exact) mass is 1140 g/mol. The highest BCUT2D eigenvalue weighted by molar-refractivity contribution is 5.94. The third kappa shape index (κ3) is 11.9. The van der Waals surface area contributed by atoms with Gasteiger partial charge in [0, 0.05) is 53.8 Å². The second kappa shape index (κ2) is 24.6. The van der Waals surface area contributed by atoms with Crippen molar-refractivity contribution in [2.45, 2.75) is 0 Å². The van der Waals surface area contributed by atoms with Crippen LogP contribution >= 0.6 is 0 Å². The molecule has 3 aliphatic rings. The molecule has 3 heterocycles. The number of hydrogen-bond acceptors (Lipinski definition) is 9. The van der Waals surface area contributed by atoms with Crippen LogP contribution in [0.3, 0.4) is 0 Å². The first-order chi connectivity index (χ1) is 43.2. The minimum atomic E-state index is -1.32. The first-order valence-corrected chi connectivity index (χ1v) is 28.8. The third-order valence-corrected chi connectivity index (χ3v) is 15.5. The standard InChI is InChI=1S/C78H57N5O5/c1-80-70-17-9-11-19-74(70)87-76-49-58(35-47-72(76)80)23-21-54-25-37-63(38-26-54)82(61-13-5-3-6-14-61)65-41-29-56(30-42-65)33-45-67-51-60(69(53-79)78(84)85)52-68(86-67)46-34-57-31-43-66(44-32-57)83(62-15-7-4-8-16-62)64-39-27-55(28-40-64)22-24-59-36-48-73-77(50-59)88-75-20-12-10-18-71(75)81(73)2/h3-52H,1-2H3,(H,84,85)/b23-21+,24-22+,45-33+,46-34+. The quantitative estimate of drug-likeness (QED) is 0.0607. The lowest BCUT2D eigenvalue weighted by Gasteiger charge is -2.29. The zero-order valence-electron chi connectivity index (χ0n) is 48.2. The number of carbonyl (C=O) groups is 1. The fourth-order valence-electron chi connectivity index (χ4n) is 10.9. The molecule has 0 saturated heterocycles. The van der Waals surface area contributed by atoms with Crippen molar-refractivity contribution >= 4 is 99.3 Å². The Bertz CT molecular complexity index is 4250. The van der Waals surface area contributed by atoms with E-state index in [4.69, 9.17) is 14.2 Å². The van der Waals surface area contributed by atoms with Gasteiger partial charge in [-0.2, -0.15) is 5.26 Å². The van der Waals surface area contributed by atoms with E-state index in [1.54, 1.807) is 24.3 Å². The fourth-order valence-corrected chi connectivity index (χ4v) is 10.9. The maximum absolute atomic E-state index is 12.3. The number of nitriles is 1. The van der Waals surface area contributed by atoms with Crippen LogP contribution in [0.5, 0.6) is 23.0 Å². The maximum atomic E-state index is 12.3. The maximum Gasteiger partial charge on any atom is 0.347 e. The predicted molar refractivity (Wildman–Crippen MR) is 358 cm³/mol. The lowest BCUT2D eigenvalue weighted by Crippen LogP contribution is -2.15. The van der Waals surface area contributed by atoms with Crippen LogP contribution in [-0.4, -0.2) is 25.2 Å². The highest BCUT2D eigenvalue weighted by atomic mass is 16.5. The summed E-state index contributed by atoms with van der Waals surface area (Å²) in [5.74, 6) is 2.73. The van der Waals surface area contributed by atoms with Gasteiger partial charge in [-0.1, -0.05) is 158 Å². The van der Waals surface area contributed by atoms with Crippen LogP contribution < -0.4 is 29.1 Å². The fraction of sp³-hybridized carbons (Fsp3) is 0.0256. The first-order valence-electron chi connectivity index (χ1n) is 28.8. The summed E-state index contributed by atoms with van der Waals surface area (Å²) in [6, 6.07) is 84.2. The minimum absolute atomic E-state index is 0.228. The van der Waals surface area contributed by atoms with E-state index in [0.717, 1.165) is 113 Å². The summed E-state index contributed by atoms with van der Waals surface area (Å²) in [5.41, 5.74) is 15.8.